The molecule has 26 heavy (non-hydrogen) atoms. The third-order valence-electron chi connectivity index (χ3n) is 4.52. The van der Waals surface area contributed by atoms with Gasteiger partial charge < -0.3 is 4.98 Å². The molecule has 0 aliphatic heterocycles. The number of fused-ring (bicyclic) bond motifs is 2. The molecule has 0 bridgehead atoms. The highest BCUT2D eigenvalue weighted by molar-refractivity contribution is 7.16. The molecule has 1 aliphatic rings. The Morgan fingerprint density at radius 1 is 1.23 bits per heavy atom. The van der Waals surface area contributed by atoms with Gasteiger partial charge in [-0.05, 0) is 36.6 Å². The summed E-state index contributed by atoms with van der Waals surface area (Å²) >= 11 is 1.08. The van der Waals surface area contributed by atoms with Crippen molar-refractivity contribution in [2.75, 3.05) is 0 Å². The number of alkyl halides is 3. The van der Waals surface area contributed by atoms with Crippen LogP contribution in [0.25, 0.3) is 26.9 Å². The van der Waals surface area contributed by atoms with Gasteiger partial charge in [0.2, 0.25) is 0 Å². The summed E-state index contributed by atoms with van der Waals surface area (Å²) < 4.78 is 41.5. The number of nitrogens with one attached hydrogen (secondary N) is 1. The fourth-order valence-corrected chi connectivity index (χ4v) is 3.95. The minimum atomic E-state index is -4.52. The van der Waals surface area contributed by atoms with Gasteiger partial charge >= 0.3 is 11.0 Å². The minimum Gasteiger partial charge on any atom is -0.312 e. The van der Waals surface area contributed by atoms with Gasteiger partial charge in [-0.25, -0.2) is 9.50 Å². The van der Waals surface area contributed by atoms with Crippen LogP contribution in [-0.4, -0.2) is 19.6 Å². The summed E-state index contributed by atoms with van der Waals surface area (Å²) in [4.78, 5) is 17.6. The highest BCUT2D eigenvalue weighted by Crippen LogP contribution is 2.46. The van der Waals surface area contributed by atoms with Gasteiger partial charge in [-0.15, -0.1) is 0 Å². The quantitative estimate of drug-likeness (QED) is 0.570. The van der Waals surface area contributed by atoms with Crippen molar-refractivity contribution in [3.05, 3.63) is 51.6 Å². The number of hydrogen-bond acceptors (Lipinski definition) is 4. The first-order valence-electron chi connectivity index (χ1n) is 7.99. The van der Waals surface area contributed by atoms with E-state index < -0.39 is 11.9 Å². The fourth-order valence-electron chi connectivity index (χ4n) is 3.17. The van der Waals surface area contributed by atoms with E-state index in [1.54, 1.807) is 6.07 Å². The molecular weight excluding hydrogens is 365 g/mol. The Labute approximate surface area is 148 Å². The lowest BCUT2D eigenvalue weighted by Gasteiger charge is -2.07. The highest BCUT2D eigenvalue weighted by atomic mass is 32.1. The van der Waals surface area contributed by atoms with E-state index in [1.165, 1.54) is 4.52 Å². The van der Waals surface area contributed by atoms with E-state index in [1.807, 2.05) is 12.1 Å². The van der Waals surface area contributed by atoms with Crippen LogP contribution >= 0.6 is 11.3 Å². The molecular formula is C17H11F3N4OS. The SMILES string of the molecule is O=c1[nH]c2ccc(-c3c(C4CC4)nn4cnc(C(F)(F)F)cc34)cc2s1. The fraction of sp³-hybridized carbons (Fsp3) is 0.235. The molecule has 0 unspecified atom stereocenters. The molecule has 1 aliphatic carbocycles. The van der Waals surface area contributed by atoms with Crippen molar-refractivity contribution >= 4 is 27.1 Å². The van der Waals surface area contributed by atoms with Crippen LogP contribution in [0.4, 0.5) is 13.2 Å². The standard InChI is InChI=1S/C17H11F3N4OS/c18-17(19,20)13-6-11-14(15(8-1-2-8)23-24(11)7-21-13)9-3-4-10-12(5-9)26-16(25)22-10/h3-8H,1-2H2,(H,22,25). The van der Waals surface area contributed by atoms with Crippen LogP contribution in [0, 0.1) is 0 Å². The van der Waals surface area contributed by atoms with Crippen molar-refractivity contribution < 1.29 is 13.2 Å². The summed E-state index contributed by atoms with van der Waals surface area (Å²) in [5, 5.41) is 4.48. The molecule has 0 amide bonds. The molecule has 132 valence electrons. The topological polar surface area (TPSA) is 63.0 Å². The molecule has 1 N–H and O–H groups in total. The molecule has 5 rings (SSSR count). The molecule has 0 spiro atoms. The zero-order chi connectivity index (χ0) is 18.1. The van der Waals surface area contributed by atoms with E-state index in [0.29, 0.717) is 16.6 Å². The summed E-state index contributed by atoms with van der Waals surface area (Å²) in [6.07, 6.45) is -1.47. The Hall–Kier alpha value is -2.68. The molecule has 1 saturated carbocycles. The number of nitrogens with zero attached hydrogens (tertiary/aromatic N) is 3. The van der Waals surface area contributed by atoms with Gasteiger partial charge in [0.05, 0.1) is 21.4 Å². The highest BCUT2D eigenvalue weighted by Gasteiger charge is 2.35. The molecule has 9 heteroatoms. The summed E-state index contributed by atoms with van der Waals surface area (Å²) in [7, 11) is 0. The first kappa shape index (κ1) is 15.6. The zero-order valence-electron chi connectivity index (χ0n) is 13.2. The molecule has 0 radical (unpaired) electrons. The monoisotopic (exact) mass is 376 g/mol. The summed E-state index contributed by atoms with van der Waals surface area (Å²) in [5.41, 5.74) is 2.36. The van der Waals surface area contributed by atoms with Gasteiger partial charge in [-0.3, -0.25) is 4.79 Å². The Kier molecular flexibility index (Phi) is 3.09. The third kappa shape index (κ3) is 2.42. The average Bonchev–Trinajstić information content (AvgIpc) is 3.25. The number of aromatic nitrogens is 4. The zero-order valence-corrected chi connectivity index (χ0v) is 14.0. The van der Waals surface area contributed by atoms with Crippen molar-refractivity contribution in [1.82, 2.24) is 19.6 Å². The van der Waals surface area contributed by atoms with Crippen LogP contribution in [0.5, 0.6) is 0 Å². The van der Waals surface area contributed by atoms with Gasteiger partial charge in [0.1, 0.15) is 12.0 Å². The Morgan fingerprint density at radius 3 is 2.77 bits per heavy atom. The number of aromatic amines is 1. The second-order valence-electron chi connectivity index (χ2n) is 6.36. The van der Waals surface area contributed by atoms with Crippen LogP contribution in [0.1, 0.15) is 30.1 Å². The molecule has 3 heterocycles. The predicted octanol–water partition coefficient (Wildman–Crippen LogP) is 4.20. The smallest absolute Gasteiger partial charge is 0.312 e. The minimum absolute atomic E-state index is 0.164. The molecule has 3 aromatic heterocycles. The Balaban J connectivity index is 1.80. The van der Waals surface area contributed by atoms with Crippen LogP contribution in [-0.2, 0) is 6.18 Å². The average molecular weight is 376 g/mol. The molecule has 1 fully saturated rings. The Bertz CT molecular complexity index is 1220. The van der Waals surface area contributed by atoms with Gasteiger partial charge in [0.25, 0.3) is 0 Å². The lowest BCUT2D eigenvalue weighted by molar-refractivity contribution is -0.141. The number of H-pyrrole nitrogens is 1. The number of thiazole rings is 1. The van der Waals surface area contributed by atoms with Gasteiger partial charge in [-0.2, -0.15) is 18.3 Å². The maximum atomic E-state index is 13.1. The largest absolute Gasteiger partial charge is 0.433 e. The Morgan fingerprint density at radius 2 is 2.04 bits per heavy atom. The van der Waals surface area contributed by atoms with Gasteiger partial charge in [-0.1, -0.05) is 17.4 Å². The molecule has 0 atom stereocenters. The number of hydrogen-bond donors (Lipinski definition) is 1. The van der Waals surface area contributed by atoms with Crippen LogP contribution in [0.15, 0.2) is 35.4 Å². The molecule has 1 aromatic carbocycles. The van der Waals surface area contributed by atoms with Crippen molar-refractivity contribution in [3.8, 4) is 11.1 Å². The van der Waals surface area contributed by atoms with E-state index in [-0.39, 0.29) is 10.8 Å². The van der Waals surface area contributed by atoms with Crippen molar-refractivity contribution in [1.29, 1.82) is 0 Å². The predicted molar refractivity (Wildman–Crippen MR) is 91.4 cm³/mol. The molecule has 5 nitrogen and oxygen atoms in total. The summed E-state index contributed by atoms with van der Waals surface area (Å²) in [6.45, 7) is 0. The second kappa shape index (κ2) is 5.16. The van der Waals surface area contributed by atoms with Crippen LogP contribution in [0.2, 0.25) is 0 Å². The van der Waals surface area contributed by atoms with Crippen LogP contribution < -0.4 is 4.87 Å². The lowest BCUT2D eigenvalue weighted by Crippen LogP contribution is -2.08. The van der Waals surface area contributed by atoms with Gasteiger partial charge in [0.15, 0.2) is 0 Å². The van der Waals surface area contributed by atoms with E-state index in [4.69, 9.17) is 0 Å². The molecule has 0 saturated heterocycles. The number of rotatable bonds is 2. The lowest BCUT2D eigenvalue weighted by atomic mass is 10.0. The number of halogens is 3. The van der Waals surface area contributed by atoms with E-state index >= 15 is 0 Å². The van der Waals surface area contributed by atoms with E-state index in [0.717, 1.165) is 52.5 Å². The second-order valence-corrected chi connectivity index (χ2v) is 7.38. The third-order valence-corrected chi connectivity index (χ3v) is 5.36. The number of benzene rings is 1. The van der Waals surface area contributed by atoms with Crippen LogP contribution in [0.3, 0.4) is 0 Å². The van der Waals surface area contributed by atoms with Crippen molar-refractivity contribution in [2.45, 2.75) is 24.9 Å². The maximum Gasteiger partial charge on any atom is 0.433 e. The van der Waals surface area contributed by atoms with E-state index in [2.05, 4.69) is 15.1 Å². The molecule has 4 aromatic rings. The first-order valence-corrected chi connectivity index (χ1v) is 8.80. The van der Waals surface area contributed by atoms with Crippen molar-refractivity contribution in [3.63, 3.8) is 0 Å². The maximum absolute atomic E-state index is 13.1. The van der Waals surface area contributed by atoms with Gasteiger partial charge in [0, 0.05) is 11.5 Å². The summed E-state index contributed by atoms with van der Waals surface area (Å²) in [6, 6.07) is 6.45. The first-order chi connectivity index (χ1) is 12.4. The normalized spacial score (nSPS) is 15.2. The van der Waals surface area contributed by atoms with Crippen molar-refractivity contribution in [2.24, 2.45) is 0 Å². The summed E-state index contributed by atoms with van der Waals surface area (Å²) in [5.74, 6) is 0.250. The van der Waals surface area contributed by atoms with E-state index in [9.17, 15) is 18.0 Å².